The van der Waals surface area contributed by atoms with Crippen molar-refractivity contribution in [3.63, 3.8) is 0 Å². The van der Waals surface area contributed by atoms with Gasteiger partial charge in [0.25, 0.3) is 0 Å². The largest absolute Gasteiger partial charge is 0.465 e. The third-order valence-corrected chi connectivity index (χ3v) is 6.35. The molecule has 1 amide bonds. The summed E-state index contributed by atoms with van der Waals surface area (Å²) in [6.07, 6.45) is 0.725. The highest BCUT2D eigenvalue weighted by Crippen LogP contribution is 2.25. The Hall–Kier alpha value is -2.17. The number of hydrogen-bond acceptors (Lipinski definition) is 8. The SMILES string of the molecule is CCn1c(Cc2cccs2)nnc1SCC(=O)Nc1sccc1C(=O)OC. The molecule has 0 spiro atoms. The van der Waals surface area contributed by atoms with Crippen LogP contribution in [0, 0.1) is 0 Å². The van der Waals surface area contributed by atoms with E-state index in [2.05, 4.69) is 21.6 Å². The molecule has 0 saturated carbocycles. The number of ether oxygens (including phenoxy) is 1. The van der Waals surface area contributed by atoms with E-state index < -0.39 is 5.97 Å². The van der Waals surface area contributed by atoms with Crippen LogP contribution in [-0.4, -0.2) is 39.5 Å². The summed E-state index contributed by atoms with van der Waals surface area (Å²) in [6, 6.07) is 5.71. The lowest BCUT2D eigenvalue weighted by molar-refractivity contribution is -0.113. The minimum Gasteiger partial charge on any atom is -0.465 e. The molecule has 3 rings (SSSR count). The molecule has 1 N–H and O–H groups in total. The van der Waals surface area contributed by atoms with Crippen LogP contribution in [0.25, 0.3) is 0 Å². The van der Waals surface area contributed by atoms with Crippen molar-refractivity contribution in [3.05, 3.63) is 45.2 Å². The molecular formula is C17H18N4O3S3. The Bertz CT molecular complexity index is 918. The van der Waals surface area contributed by atoms with Gasteiger partial charge in [-0.15, -0.1) is 32.9 Å². The molecule has 142 valence electrons. The predicted molar refractivity (Wildman–Crippen MR) is 108 cm³/mol. The minimum atomic E-state index is -0.469. The van der Waals surface area contributed by atoms with Crippen molar-refractivity contribution in [1.82, 2.24) is 14.8 Å². The van der Waals surface area contributed by atoms with Crippen LogP contribution in [-0.2, 0) is 22.5 Å². The van der Waals surface area contributed by atoms with Gasteiger partial charge in [-0.1, -0.05) is 17.8 Å². The highest BCUT2D eigenvalue weighted by molar-refractivity contribution is 7.99. The molecular weight excluding hydrogens is 404 g/mol. The lowest BCUT2D eigenvalue weighted by atomic mass is 10.3. The van der Waals surface area contributed by atoms with E-state index in [0.717, 1.165) is 18.8 Å². The van der Waals surface area contributed by atoms with Crippen molar-refractivity contribution in [2.75, 3.05) is 18.2 Å². The highest BCUT2D eigenvalue weighted by atomic mass is 32.2. The lowest BCUT2D eigenvalue weighted by Gasteiger charge is -2.07. The molecule has 0 saturated heterocycles. The number of nitrogens with one attached hydrogen (secondary N) is 1. The maximum Gasteiger partial charge on any atom is 0.340 e. The quantitative estimate of drug-likeness (QED) is 0.441. The third kappa shape index (κ3) is 4.76. The monoisotopic (exact) mass is 422 g/mol. The molecule has 0 aliphatic heterocycles. The fourth-order valence-electron chi connectivity index (χ4n) is 2.41. The number of thioether (sulfide) groups is 1. The number of methoxy groups -OCH3 is 1. The first-order valence-electron chi connectivity index (χ1n) is 8.15. The third-order valence-electron chi connectivity index (χ3n) is 3.68. The average Bonchev–Trinajstić information content (AvgIpc) is 3.41. The van der Waals surface area contributed by atoms with Crippen LogP contribution < -0.4 is 5.32 Å². The van der Waals surface area contributed by atoms with E-state index in [9.17, 15) is 9.59 Å². The summed E-state index contributed by atoms with van der Waals surface area (Å²) >= 11 is 4.29. The number of esters is 1. The number of anilines is 1. The van der Waals surface area contributed by atoms with E-state index in [1.54, 1.807) is 22.8 Å². The van der Waals surface area contributed by atoms with Gasteiger partial charge in [-0.05, 0) is 29.8 Å². The Morgan fingerprint density at radius 2 is 2.11 bits per heavy atom. The van der Waals surface area contributed by atoms with E-state index in [1.807, 2.05) is 22.9 Å². The maximum absolute atomic E-state index is 12.3. The standard InChI is InChI=1S/C17H18N4O3S3/c1-3-21-13(9-11-5-4-7-25-11)19-20-17(21)27-10-14(22)18-15-12(6-8-26-15)16(23)24-2/h4-8H,3,9-10H2,1-2H3,(H,18,22). The lowest BCUT2D eigenvalue weighted by Crippen LogP contribution is -2.16. The summed E-state index contributed by atoms with van der Waals surface area (Å²) in [5.41, 5.74) is 0.357. The number of aromatic nitrogens is 3. The fraction of sp³-hybridized carbons (Fsp3) is 0.294. The number of amides is 1. The maximum atomic E-state index is 12.3. The summed E-state index contributed by atoms with van der Waals surface area (Å²) < 4.78 is 6.73. The molecule has 0 aromatic carbocycles. The first kappa shape index (κ1) is 19.6. The van der Waals surface area contributed by atoms with Gasteiger partial charge in [-0.25, -0.2) is 4.79 Å². The smallest absolute Gasteiger partial charge is 0.340 e. The van der Waals surface area contributed by atoms with Gasteiger partial charge in [0.15, 0.2) is 5.16 Å². The molecule has 0 aliphatic carbocycles. The van der Waals surface area contributed by atoms with Crippen LogP contribution in [0.1, 0.15) is 28.0 Å². The molecule has 3 aromatic heterocycles. The molecule has 10 heteroatoms. The van der Waals surface area contributed by atoms with Crippen LogP contribution in [0.3, 0.4) is 0 Å². The molecule has 0 atom stereocenters. The number of nitrogens with zero attached hydrogens (tertiary/aromatic N) is 3. The predicted octanol–water partition coefficient (Wildman–Crippen LogP) is 3.53. The summed E-state index contributed by atoms with van der Waals surface area (Å²) in [5, 5.41) is 16.2. The zero-order chi connectivity index (χ0) is 19.2. The van der Waals surface area contributed by atoms with Gasteiger partial charge in [0.05, 0.1) is 18.4 Å². The highest BCUT2D eigenvalue weighted by Gasteiger charge is 2.17. The fourth-order valence-corrected chi connectivity index (χ4v) is 4.73. The Kier molecular flexibility index (Phi) is 6.64. The second-order valence-corrected chi connectivity index (χ2v) is 8.28. The van der Waals surface area contributed by atoms with Crippen molar-refractivity contribution in [2.45, 2.75) is 25.0 Å². The number of carbonyl (C=O) groups is 2. The zero-order valence-electron chi connectivity index (χ0n) is 14.8. The van der Waals surface area contributed by atoms with Gasteiger partial charge in [0, 0.05) is 17.8 Å². The normalized spacial score (nSPS) is 10.7. The van der Waals surface area contributed by atoms with Gasteiger partial charge < -0.3 is 14.6 Å². The summed E-state index contributed by atoms with van der Waals surface area (Å²) in [5.74, 6) is 0.380. The molecule has 0 bridgehead atoms. The summed E-state index contributed by atoms with van der Waals surface area (Å²) in [4.78, 5) is 25.2. The second kappa shape index (κ2) is 9.16. The molecule has 3 aromatic rings. The summed E-state index contributed by atoms with van der Waals surface area (Å²) in [6.45, 7) is 2.76. The van der Waals surface area contributed by atoms with Crippen molar-refractivity contribution < 1.29 is 14.3 Å². The van der Waals surface area contributed by atoms with Crippen molar-refractivity contribution in [2.24, 2.45) is 0 Å². The minimum absolute atomic E-state index is 0.176. The molecule has 7 nitrogen and oxygen atoms in total. The first-order valence-corrected chi connectivity index (χ1v) is 10.9. The molecule has 3 heterocycles. The topological polar surface area (TPSA) is 86.1 Å². The van der Waals surface area contributed by atoms with E-state index in [0.29, 0.717) is 15.7 Å². The first-order chi connectivity index (χ1) is 13.1. The number of hydrogen-bond donors (Lipinski definition) is 1. The van der Waals surface area contributed by atoms with E-state index in [1.165, 1.54) is 35.1 Å². The Morgan fingerprint density at radius 3 is 2.81 bits per heavy atom. The Labute approximate surface area is 168 Å². The van der Waals surface area contributed by atoms with E-state index >= 15 is 0 Å². The van der Waals surface area contributed by atoms with Gasteiger partial charge >= 0.3 is 5.97 Å². The molecule has 0 unspecified atom stereocenters. The number of thiophene rings is 2. The van der Waals surface area contributed by atoms with Crippen LogP contribution in [0.5, 0.6) is 0 Å². The van der Waals surface area contributed by atoms with E-state index in [4.69, 9.17) is 4.74 Å². The zero-order valence-corrected chi connectivity index (χ0v) is 17.2. The average molecular weight is 423 g/mol. The summed E-state index contributed by atoms with van der Waals surface area (Å²) in [7, 11) is 1.31. The second-order valence-electron chi connectivity index (χ2n) is 5.39. The van der Waals surface area contributed by atoms with Gasteiger partial charge in [0.2, 0.25) is 5.91 Å². The Balaban J connectivity index is 1.61. The van der Waals surface area contributed by atoms with Crippen LogP contribution in [0.2, 0.25) is 0 Å². The van der Waals surface area contributed by atoms with Crippen LogP contribution in [0.15, 0.2) is 34.1 Å². The number of rotatable bonds is 8. The molecule has 27 heavy (non-hydrogen) atoms. The molecule has 0 radical (unpaired) electrons. The van der Waals surface area contributed by atoms with E-state index in [-0.39, 0.29) is 11.7 Å². The molecule has 0 fully saturated rings. The van der Waals surface area contributed by atoms with Crippen molar-refractivity contribution in [1.29, 1.82) is 0 Å². The van der Waals surface area contributed by atoms with Crippen LogP contribution in [0.4, 0.5) is 5.00 Å². The van der Waals surface area contributed by atoms with Crippen molar-refractivity contribution >= 4 is 51.3 Å². The van der Waals surface area contributed by atoms with Crippen molar-refractivity contribution in [3.8, 4) is 0 Å². The number of carbonyl (C=O) groups excluding carboxylic acids is 2. The van der Waals surface area contributed by atoms with Gasteiger partial charge in [-0.2, -0.15) is 0 Å². The van der Waals surface area contributed by atoms with Gasteiger partial charge in [-0.3, -0.25) is 4.79 Å². The van der Waals surface area contributed by atoms with Gasteiger partial charge in [0.1, 0.15) is 10.8 Å². The Morgan fingerprint density at radius 1 is 1.26 bits per heavy atom. The molecule has 0 aliphatic rings. The van der Waals surface area contributed by atoms with Crippen LogP contribution >= 0.6 is 34.4 Å².